The zero-order valence-electron chi connectivity index (χ0n) is 6.88. The smallest absolute Gasteiger partial charge is 0.284 e. The highest BCUT2D eigenvalue weighted by atomic mass is 79.9. The van der Waals surface area contributed by atoms with Gasteiger partial charge in [-0.15, -0.1) is 0 Å². The van der Waals surface area contributed by atoms with Crippen LogP contribution in [0.5, 0.6) is 5.75 Å². The van der Waals surface area contributed by atoms with Gasteiger partial charge in [0, 0.05) is 22.7 Å². The Morgan fingerprint density at radius 2 is 2.29 bits per heavy atom. The van der Waals surface area contributed by atoms with Crippen LogP contribution in [-0.2, 0) is 5.33 Å². The molecular weight excluding hydrogens is 260 g/mol. The van der Waals surface area contributed by atoms with Gasteiger partial charge in [0.25, 0.3) is 6.43 Å². The third-order valence-corrected chi connectivity index (χ3v) is 2.25. The number of halogens is 3. The first-order valence-corrected chi connectivity index (χ1v) is 4.74. The number of aromatic hydroxyl groups is 1. The standard InChI is InChI=1S/C8H6BrF2NO2/c9-1-5-4(3-13)2-12-6(7(5)14)8(10)11/h2-3,8,14H,1H2. The topological polar surface area (TPSA) is 50.2 Å². The maximum absolute atomic E-state index is 12.3. The highest BCUT2D eigenvalue weighted by molar-refractivity contribution is 9.08. The van der Waals surface area contributed by atoms with Gasteiger partial charge in [0.05, 0.1) is 0 Å². The fourth-order valence-electron chi connectivity index (χ4n) is 0.971. The average molecular weight is 266 g/mol. The Bertz CT molecular complexity index is 357. The summed E-state index contributed by atoms with van der Waals surface area (Å²) in [7, 11) is 0. The van der Waals surface area contributed by atoms with Gasteiger partial charge in [-0.25, -0.2) is 8.78 Å². The van der Waals surface area contributed by atoms with Crippen LogP contribution in [0.1, 0.15) is 28.0 Å². The zero-order valence-corrected chi connectivity index (χ0v) is 8.46. The van der Waals surface area contributed by atoms with Crippen LogP contribution in [0.25, 0.3) is 0 Å². The quantitative estimate of drug-likeness (QED) is 0.675. The summed E-state index contributed by atoms with van der Waals surface area (Å²) < 4.78 is 24.5. The number of rotatable bonds is 3. The van der Waals surface area contributed by atoms with Crippen LogP contribution in [0.2, 0.25) is 0 Å². The molecule has 0 spiro atoms. The summed E-state index contributed by atoms with van der Waals surface area (Å²) in [6, 6.07) is 0. The molecule has 0 saturated carbocycles. The van der Waals surface area contributed by atoms with E-state index in [9.17, 15) is 18.7 Å². The second-order valence-corrected chi connectivity index (χ2v) is 3.04. The molecule has 1 aromatic rings. The second kappa shape index (κ2) is 4.45. The Morgan fingerprint density at radius 3 is 2.71 bits per heavy atom. The Balaban J connectivity index is 3.34. The first kappa shape index (κ1) is 11.0. The minimum atomic E-state index is -2.85. The maximum atomic E-state index is 12.3. The summed E-state index contributed by atoms with van der Waals surface area (Å²) in [4.78, 5) is 13.8. The highest BCUT2D eigenvalue weighted by Crippen LogP contribution is 2.31. The van der Waals surface area contributed by atoms with Crippen LogP contribution in [0.3, 0.4) is 0 Å². The van der Waals surface area contributed by atoms with Crippen molar-refractivity contribution in [2.45, 2.75) is 11.8 Å². The number of carbonyl (C=O) groups excluding carboxylic acids is 1. The number of hydrogen-bond acceptors (Lipinski definition) is 3. The molecule has 1 heterocycles. The van der Waals surface area contributed by atoms with Gasteiger partial charge in [-0.2, -0.15) is 0 Å². The minimum absolute atomic E-state index is 0.101. The number of carbonyl (C=O) groups is 1. The number of aldehydes is 1. The van der Waals surface area contributed by atoms with Crippen molar-refractivity contribution in [3.63, 3.8) is 0 Å². The summed E-state index contributed by atoms with van der Waals surface area (Å²) in [6.45, 7) is 0. The van der Waals surface area contributed by atoms with E-state index < -0.39 is 17.9 Å². The fourth-order valence-corrected chi connectivity index (χ4v) is 1.56. The summed E-state index contributed by atoms with van der Waals surface area (Å²) in [5.74, 6) is -0.624. The van der Waals surface area contributed by atoms with Crippen LogP contribution < -0.4 is 0 Å². The molecule has 0 saturated heterocycles. The molecule has 0 aliphatic rings. The Morgan fingerprint density at radius 1 is 1.64 bits per heavy atom. The van der Waals surface area contributed by atoms with Crippen molar-refractivity contribution in [1.82, 2.24) is 4.98 Å². The molecule has 3 nitrogen and oxygen atoms in total. The molecule has 76 valence electrons. The highest BCUT2D eigenvalue weighted by Gasteiger charge is 2.19. The SMILES string of the molecule is O=Cc1cnc(C(F)F)c(O)c1CBr. The maximum Gasteiger partial charge on any atom is 0.284 e. The lowest BCUT2D eigenvalue weighted by Gasteiger charge is -2.07. The largest absolute Gasteiger partial charge is 0.505 e. The first-order valence-electron chi connectivity index (χ1n) is 3.61. The van der Waals surface area contributed by atoms with Crippen molar-refractivity contribution in [2.75, 3.05) is 0 Å². The van der Waals surface area contributed by atoms with Crippen LogP contribution in [0.15, 0.2) is 6.20 Å². The van der Waals surface area contributed by atoms with Crippen LogP contribution >= 0.6 is 15.9 Å². The molecule has 0 radical (unpaired) electrons. The molecule has 6 heteroatoms. The van der Waals surface area contributed by atoms with E-state index in [4.69, 9.17) is 0 Å². The molecule has 1 aromatic heterocycles. The predicted molar refractivity (Wildman–Crippen MR) is 48.9 cm³/mol. The molecule has 0 unspecified atom stereocenters. The zero-order chi connectivity index (χ0) is 10.7. The van der Waals surface area contributed by atoms with Crippen LogP contribution in [0.4, 0.5) is 8.78 Å². The molecule has 14 heavy (non-hydrogen) atoms. The van der Waals surface area contributed by atoms with E-state index in [0.29, 0.717) is 6.29 Å². The lowest BCUT2D eigenvalue weighted by atomic mass is 10.1. The minimum Gasteiger partial charge on any atom is -0.505 e. The average Bonchev–Trinajstić information content (AvgIpc) is 2.16. The van der Waals surface area contributed by atoms with E-state index >= 15 is 0 Å². The Kier molecular flexibility index (Phi) is 3.51. The van der Waals surface area contributed by atoms with E-state index in [2.05, 4.69) is 20.9 Å². The lowest BCUT2D eigenvalue weighted by molar-refractivity contribution is 0.112. The van der Waals surface area contributed by atoms with E-state index in [0.717, 1.165) is 6.20 Å². The normalized spacial score (nSPS) is 10.6. The number of hydrogen-bond donors (Lipinski definition) is 1. The summed E-state index contributed by atoms with van der Waals surface area (Å²) >= 11 is 2.99. The number of nitrogens with zero attached hydrogens (tertiary/aromatic N) is 1. The molecular formula is C8H6BrF2NO2. The first-order chi connectivity index (χ1) is 6.61. The third-order valence-electron chi connectivity index (χ3n) is 1.69. The van der Waals surface area contributed by atoms with Gasteiger partial charge in [-0.3, -0.25) is 9.78 Å². The summed E-state index contributed by atoms with van der Waals surface area (Å²) in [6.07, 6.45) is -1.38. The van der Waals surface area contributed by atoms with Crippen molar-refractivity contribution in [3.05, 3.63) is 23.0 Å². The molecule has 1 N–H and O–H groups in total. The Hall–Kier alpha value is -1.04. The Labute approximate surface area is 86.9 Å². The lowest BCUT2D eigenvalue weighted by Crippen LogP contribution is -1.98. The van der Waals surface area contributed by atoms with E-state index in [1.807, 2.05) is 0 Å². The van der Waals surface area contributed by atoms with Crippen LogP contribution in [0, 0.1) is 0 Å². The van der Waals surface area contributed by atoms with Crippen molar-refractivity contribution in [1.29, 1.82) is 0 Å². The fraction of sp³-hybridized carbons (Fsp3) is 0.250. The molecule has 0 amide bonds. The van der Waals surface area contributed by atoms with Crippen molar-refractivity contribution < 1.29 is 18.7 Å². The van der Waals surface area contributed by atoms with Crippen molar-refractivity contribution >= 4 is 22.2 Å². The summed E-state index contributed by atoms with van der Waals surface area (Å²) in [5, 5.41) is 9.46. The molecule has 0 aliphatic heterocycles. The second-order valence-electron chi connectivity index (χ2n) is 2.48. The van der Waals surface area contributed by atoms with Gasteiger partial charge in [-0.05, 0) is 0 Å². The predicted octanol–water partition coefficient (Wildman–Crippen LogP) is 2.43. The summed E-state index contributed by atoms with van der Waals surface area (Å²) in [5.41, 5.74) is -0.473. The molecule has 0 aliphatic carbocycles. The molecule has 0 atom stereocenters. The van der Waals surface area contributed by atoms with Crippen molar-refractivity contribution in [2.24, 2.45) is 0 Å². The van der Waals surface area contributed by atoms with Gasteiger partial charge in [0.1, 0.15) is 11.4 Å². The van der Waals surface area contributed by atoms with Crippen molar-refractivity contribution in [3.8, 4) is 5.75 Å². The monoisotopic (exact) mass is 265 g/mol. The van der Waals surface area contributed by atoms with Gasteiger partial charge in [0.15, 0.2) is 6.29 Å². The van der Waals surface area contributed by atoms with E-state index in [1.54, 1.807) is 0 Å². The molecule has 0 bridgehead atoms. The van der Waals surface area contributed by atoms with Crippen LogP contribution in [-0.4, -0.2) is 16.4 Å². The molecule has 0 aromatic carbocycles. The number of pyridine rings is 1. The van der Waals surface area contributed by atoms with Gasteiger partial charge in [0.2, 0.25) is 0 Å². The number of alkyl halides is 3. The molecule has 0 fully saturated rings. The van der Waals surface area contributed by atoms with Gasteiger partial charge in [-0.1, -0.05) is 15.9 Å². The number of aromatic nitrogens is 1. The molecule has 1 rings (SSSR count). The van der Waals surface area contributed by atoms with E-state index in [1.165, 1.54) is 0 Å². The van der Waals surface area contributed by atoms with Gasteiger partial charge >= 0.3 is 0 Å². The van der Waals surface area contributed by atoms with E-state index in [-0.39, 0.29) is 16.5 Å². The van der Waals surface area contributed by atoms with Gasteiger partial charge < -0.3 is 5.11 Å². The third kappa shape index (κ3) is 1.89.